The number of aromatic nitrogens is 2. The van der Waals surface area contributed by atoms with E-state index >= 15 is 0 Å². The van der Waals surface area contributed by atoms with Crippen LogP contribution in [-0.4, -0.2) is 22.6 Å². The fourth-order valence-electron chi connectivity index (χ4n) is 7.97. The number of benzene rings is 4. The van der Waals surface area contributed by atoms with E-state index in [1.165, 1.54) is 44.6 Å². The van der Waals surface area contributed by atoms with E-state index < -0.39 is 0 Å². The Morgan fingerprint density at radius 1 is 0.721 bits per heavy atom. The van der Waals surface area contributed by atoms with Crippen molar-refractivity contribution >= 4 is 44.4 Å². The van der Waals surface area contributed by atoms with Gasteiger partial charge in [0.2, 0.25) is 0 Å². The number of pyridine rings is 1. The van der Waals surface area contributed by atoms with E-state index in [-0.39, 0.29) is 10.8 Å². The van der Waals surface area contributed by atoms with Crippen LogP contribution < -0.4 is 14.5 Å². The molecule has 3 aliphatic heterocycles. The molecule has 0 saturated heterocycles. The number of nitrogens with zero attached hydrogens (tertiary/aromatic N) is 4. The molecule has 0 atom stereocenters. The van der Waals surface area contributed by atoms with Crippen LogP contribution in [-0.2, 0) is 17.3 Å². The van der Waals surface area contributed by atoms with E-state index in [0.29, 0.717) is 0 Å². The maximum atomic E-state index is 6.60. The monoisotopic (exact) mass is 564 g/mol. The van der Waals surface area contributed by atoms with Crippen molar-refractivity contribution in [1.29, 1.82) is 0 Å². The number of ether oxygens (including phenoxy) is 1. The second-order valence-corrected chi connectivity index (χ2v) is 13.6. The molecular formula is C38H36N4O. The predicted molar refractivity (Wildman–Crippen MR) is 177 cm³/mol. The topological polar surface area (TPSA) is 33.0 Å². The van der Waals surface area contributed by atoms with E-state index in [1.54, 1.807) is 0 Å². The SMILES string of the molecule is CC1(C)c2cccc3c4ccc5cc4c4nc(c(n4c23)C1(C)C)CCCCN1CN(c2cccc(c2)O5)c2ccccc21. The van der Waals surface area contributed by atoms with Gasteiger partial charge in [-0.1, -0.05) is 64.1 Å². The molecule has 6 aromatic rings. The van der Waals surface area contributed by atoms with Gasteiger partial charge in [-0.25, -0.2) is 4.98 Å². The zero-order valence-corrected chi connectivity index (χ0v) is 25.3. The molecular weight excluding hydrogens is 528 g/mol. The van der Waals surface area contributed by atoms with Gasteiger partial charge in [-0.05, 0) is 72.7 Å². The summed E-state index contributed by atoms with van der Waals surface area (Å²) in [6, 6.07) is 30.7. The van der Waals surface area contributed by atoms with Gasteiger partial charge in [-0.2, -0.15) is 0 Å². The van der Waals surface area contributed by atoms with Crippen LogP contribution in [0.2, 0.25) is 0 Å². The van der Waals surface area contributed by atoms with Gasteiger partial charge in [0.1, 0.15) is 17.1 Å². The maximum absolute atomic E-state index is 6.60. The van der Waals surface area contributed by atoms with E-state index in [2.05, 4.69) is 127 Å². The lowest BCUT2D eigenvalue weighted by Crippen LogP contribution is -2.44. The van der Waals surface area contributed by atoms with Crippen molar-refractivity contribution in [1.82, 2.24) is 9.38 Å². The number of rotatable bonds is 0. The van der Waals surface area contributed by atoms with Gasteiger partial charge >= 0.3 is 0 Å². The molecule has 0 N–H and O–H groups in total. The number of para-hydroxylation sites is 3. The summed E-state index contributed by atoms with van der Waals surface area (Å²) in [6.45, 7) is 11.5. The zero-order valence-electron chi connectivity index (χ0n) is 25.3. The smallest absolute Gasteiger partial charge is 0.145 e. The Bertz CT molecular complexity index is 2120. The van der Waals surface area contributed by atoms with Crippen LogP contribution in [0.4, 0.5) is 17.1 Å². The number of anilines is 3. The molecule has 0 unspecified atom stereocenters. The van der Waals surface area contributed by atoms with Gasteiger partial charge in [0.05, 0.1) is 34.9 Å². The molecule has 43 heavy (non-hydrogen) atoms. The number of aryl methyl sites for hydroxylation is 1. The predicted octanol–water partition coefficient (Wildman–Crippen LogP) is 9.25. The molecule has 4 aromatic carbocycles. The fourth-order valence-corrected chi connectivity index (χ4v) is 7.97. The lowest BCUT2D eigenvalue weighted by molar-refractivity contribution is 0.286. The molecule has 214 valence electrons. The summed E-state index contributed by atoms with van der Waals surface area (Å²) in [5, 5.41) is 3.66. The lowest BCUT2D eigenvalue weighted by atomic mass is 9.60. The molecule has 5 heteroatoms. The second kappa shape index (κ2) is 8.53. The van der Waals surface area contributed by atoms with Crippen molar-refractivity contribution in [3.05, 3.63) is 102 Å². The number of hydrogen-bond donors (Lipinski definition) is 0. The highest BCUT2D eigenvalue weighted by molar-refractivity contribution is 6.13. The normalized spacial score (nSPS) is 18.2. The summed E-state index contributed by atoms with van der Waals surface area (Å²) >= 11 is 0. The third-order valence-electron chi connectivity index (χ3n) is 10.8. The van der Waals surface area contributed by atoms with E-state index in [0.717, 1.165) is 60.7 Å². The third kappa shape index (κ3) is 3.31. The molecule has 3 aliphatic rings. The largest absolute Gasteiger partial charge is 0.457 e. The Hall–Kier alpha value is -4.51. The Labute approximate surface area is 252 Å². The summed E-state index contributed by atoms with van der Waals surface area (Å²) in [4.78, 5) is 10.4. The lowest BCUT2D eigenvalue weighted by Gasteiger charge is -2.46. The van der Waals surface area contributed by atoms with Gasteiger partial charge in [-0.3, -0.25) is 4.40 Å². The number of fused-ring (bicyclic) bond motifs is 12. The molecule has 2 aromatic heterocycles. The van der Waals surface area contributed by atoms with E-state index in [9.17, 15) is 0 Å². The number of hydrogen-bond acceptors (Lipinski definition) is 4. The minimum Gasteiger partial charge on any atom is -0.457 e. The van der Waals surface area contributed by atoms with Crippen LogP contribution in [0.25, 0.3) is 27.3 Å². The standard InChI is InChI=1S/C38H36N4O/c1-37(2)30-14-10-13-28-27-19-18-26-22-29(27)36-39-31(35(38(37,3)4)42(36)34(28)30)15-7-8-20-40-23-41(33-17-6-5-16-32(33)40)24-11-9-12-25(21-24)43-26/h5-6,9-14,16-19,21-22H,7-8,15,20,23H2,1-4H3. The van der Waals surface area contributed by atoms with Gasteiger partial charge in [0.25, 0.3) is 0 Å². The maximum Gasteiger partial charge on any atom is 0.145 e. The molecule has 5 nitrogen and oxygen atoms in total. The minimum atomic E-state index is -0.0967. The zero-order chi connectivity index (χ0) is 29.1. The Kier molecular flexibility index (Phi) is 4.97. The average molecular weight is 565 g/mol. The molecule has 0 aliphatic carbocycles. The quantitative estimate of drug-likeness (QED) is 0.172. The minimum absolute atomic E-state index is 0.0499. The van der Waals surface area contributed by atoms with Crippen molar-refractivity contribution < 1.29 is 4.74 Å². The average Bonchev–Trinajstić information content (AvgIpc) is 3.58. The van der Waals surface area contributed by atoms with Gasteiger partial charge in [0, 0.05) is 39.9 Å². The highest BCUT2D eigenvalue weighted by Crippen LogP contribution is 2.52. The fraction of sp³-hybridized carbons (Fsp3) is 0.289. The summed E-state index contributed by atoms with van der Waals surface area (Å²) in [5.41, 5.74) is 9.93. The highest BCUT2D eigenvalue weighted by Gasteiger charge is 2.47. The first kappa shape index (κ1) is 25.0. The van der Waals surface area contributed by atoms with Crippen LogP contribution >= 0.6 is 0 Å². The second-order valence-electron chi connectivity index (χ2n) is 13.6. The third-order valence-corrected chi connectivity index (χ3v) is 10.8. The van der Waals surface area contributed by atoms with Crippen LogP contribution in [0.15, 0.2) is 84.9 Å². The number of imidazole rings is 1. The molecule has 0 amide bonds. The van der Waals surface area contributed by atoms with Crippen LogP contribution in [0.1, 0.15) is 57.5 Å². The first-order valence-corrected chi connectivity index (χ1v) is 15.6. The molecule has 0 spiro atoms. The molecule has 5 heterocycles. The highest BCUT2D eigenvalue weighted by atomic mass is 16.5. The van der Waals surface area contributed by atoms with E-state index in [1.807, 2.05) is 0 Å². The summed E-state index contributed by atoms with van der Waals surface area (Å²) in [6.07, 6.45) is 3.18. The molecule has 8 bridgehead atoms. The van der Waals surface area contributed by atoms with Crippen molar-refractivity contribution in [2.45, 2.75) is 57.8 Å². The Balaban J connectivity index is 1.30. The van der Waals surface area contributed by atoms with Crippen LogP contribution in [0.3, 0.4) is 0 Å². The van der Waals surface area contributed by atoms with Gasteiger partial charge in [-0.15, -0.1) is 0 Å². The van der Waals surface area contributed by atoms with Gasteiger partial charge < -0.3 is 14.5 Å². The van der Waals surface area contributed by atoms with Crippen LogP contribution in [0, 0.1) is 0 Å². The van der Waals surface area contributed by atoms with Crippen molar-refractivity contribution in [3.8, 4) is 11.5 Å². The first-order valence-electron chi connectivity index (χ1n) is 15.6. The Morgan fingerprint density at radius 2 is 1.53 bits per heavy atom. The van der Waals surface area contributed by atoms with Crippen LogP contribution in [0.5, 0.6) is 11.5 Å². The van der Waals surface area contributed by atoms with E-state index in [4.69, 9.17) is 9.72 Å². The van der Waals surface area contributed by atoms with Crippen molar-refractivity contribution in [2.24, 2.45) is 0 Å². The molecule has 0 saturated carbocycles. The molecule has 9 rings (SSSR count). The molecule has 0 radical (unpaired) electrons. The summed E-state index contributed by atoms with van der Waals surface area (Å²) in [7, 11) is 0. The molecule has 0 fully saturated rings. The van der Waals surface area contributed by atoms with Gasteiger partial charge in [0.15, 0.2) is 0 Å². The van der Waals surface area contributed by atoms with Crippen molar-refractivity contribution in [2.75, 3.05) is 23.0 Å². The summed E-state index contributed by atoms with van der Waals surface area (Å²) in [5.74, 6) is 1.67. The van der Waals surface area contributed by atoms with Crippen molar-refractivity contribution in [3.63, 3.8) is 0 Å². The Morgan fingerprint density at radius 3 is 2.42 bits per heavy atom. The first-order chi connectivity index (χ1) is 20.8. The summed E-state index contributed by atoms with van der Waals surface area (Å²) < 4.78 is 9.11.